The fourth-order valence-corrected chi connectivity index (χ4v) is 0.167. The number of hydrogen-bond acceptors (Lipinski definition) is 3. The summed E-state index contributed by atoms with van der Waals surface area (Å²) in [5, 5.41) is 0. The van der Waals surface area contributed by atoms with Crippen molar-refractivity contribution in [2.75, 3.05) is 0 Å². The molecule has 0 unspecified atom stereocenters. The van der Waals surface area contributed by atoms with Crippen LogP contribution in [0.4, 0.5) is 0 Å². The average molecular weight is 101 g/mol. The summed E-state index contributed by atoms with van der Waals surface area (Å²) in [6.07, 6.45) is 4.44. The predicted octanol–water partition coefficient (Wildman–Crippen LogP) is -0.536. The lowest BCUT2D eigenvalue weighted by Gasteiger charge is -1.81. The summed E-state index contributed by atoms with van der Waals surface area (Å²) in [6, 6.07) is 0. The van der Waals surface area contributed by atoms with E-state index in [0.717, 1.165) is 0 Å². The van der Waals surface area contributed by atoms with Crippen molar-refractivity contribution < 1.29 is 1.43 Å². The molecule has 0 aliphatic carbocycles. The van der Waals surface area contributed by atoms with Crippen molar-refractivity contribution in [3.63, 3.8) is 0 Å². The highest BCUT2D eigenvalue weighted by molar-refractivity contribution is 5.04. The van der Waals surface area contributed by atoms with Gasteiger partial charge in [0, 0.05) is 1.43 Å². The van der Waals surface area contributed by atoms with Crippen molar-refractivity contribution in [2.24, 2.45) is 17.2 Å². The highest BCUT2D eigenvalue weighted by atomic mass is 14.8. The molecule has 0 atom stereocenters. The third kappa shape index (κ3) is 4.88. The lowest BCUT2D eigenvalue weighted by atomic mass is 10.5. The quantitative estimate of drug-likeness (QED) is 0.388. The molecular weight excluding hydrogens is 90.1 g/mol. The van der Waals surface area contributed by atoms with Crippen LogP contribution in [-0.4, -0.2) is 0 Å². The smallest absolute Gasteiger partial charge is 0.0934 e. The molecule has 0 heterocycles. The van der Waals surface area contributed by atoms with Crippen LogP contribution < -0.4 is 17.2 Å². The molecule has 6 N–H and O–H groups in total. The Morgan fingerprint density at radius 1 is 1.43 bits per heavy atom. The molecule has 0 aromatic rings. The molecule has 42 valence electrons. The van der Waals surface area contributed by atoms with E-state index in [1.807, 2.05) is 0 Å². The van der Waals surface area contributed by atoms with Gasteiger partial charge < -0.3 is 17.2 Å². The van der Waals surface area contributed by atoms with E-state index in [1.165, 1.54) is 12.3 Å². The lowest BCUT2D eigenvalue weighted by molar-refractivity contribution is 1.25. The Hall–Kier alpha value is -1.12. The Bertz CT molecular complexity index is 93.5. The van der Waals surface area contributed by atoms with E-state index >= 15 is 0 Å². The van der Waals surface area contributed by atoms with E-state index in [-0.39, 0.29) is 7.25 Å². The van der Waals surface area contributed by atoms with Crippen LogP contribution in [0.1, 0.15) is 1.43 Å². The van der Waals surface area contributed by atoms with Crippen molar-refractivity contribution >= 4 is 0 Å². The third-order valence-electron chi connectivity index (χ3n) is 0.400. The first-order valence-electron chi connectivity index (χ1n) is 1.87. The zero-order valence-corrected chi connectivity index (χ0v) is 3.96. The normalized spacial score (nSPS) is 9.14. The van der Waals surface area contributed by atoms with Gasteiger partial charge in [0.05, 0.1) is 5.82 Å². The Labute approximate surface area is 44.0 Å². The van der Waals surface area contributed by atoms with E-state index in [9.17, 15) is 0 Å². The molecule has 0 bridgehead atoms. The molecule has 0 aliphatic heterocycles. The Morgan fingerprint density at radius 3 is 2.14 bits per heavy atom. The molecule has 0 aromatic carbocycles. The molecule has 3 heteroatoms. The maximum Gasteiger partial charge on any atom is 0.0934 e. The van der Waals surface area contributed by atoms with Gasteiger partial charge in [-0.25, -0.2) is 0 Å². The highest BCUT2D eigenvalue weighted by Gasteiger charge is 1.65. The Morgan fingerprint density at radius 2 is 2.00 bits per heavy atom. The molecule has 3 nitrogen and oxygen atoms in total. The summed E-state index contributed by atoms with van der Waals surface area (Å²) >= 11 is 0. The summed E-state index contributed by atoms with van der Waals surface area (Å²) in [7, 11) is 0. The minimum Gasteiger partial charge on any atom is -0.405 e. The van der Waals surface area contributed by atoms with Gasteiger partial charge in [-0.15, -0.1) is 0 Å². The van der Waals surface area contributed by atoms with E-state index < -0.39 is 0 Å². The van der Waals surface area contributed by atoms with Crippen LogP contribution in [0.2, 0.25) is 0 Å². The van der Waals surface area contributed by atoms with Gasteiger partial charge in [-0.05, 0) is 18.4 Å². The minimum absolute atomic E-state index is 0. The van der Waals surface area contributed by atoms with Gasteiger partial charge in [-0.3, -0.25) is 0 Å². The zero-order valence-electron chi connectivity index (χ0n) is 3.96. The van der Waals surface area contributed by atoms with Gasteiger partial charge in [0.15, 0.2) is 0 Å². The van der Waals surface area contributed by atoms with Crippen molar-refractivity contribution in [3.8, 4) is 0 Å². The van der Waals surface area contributed by atoms with Crippen molar-refractivity contribution in [2.45, 2.75) is 0 Å². The summed E-state index contributed by atoms with van der Waals surface area (Å²) < 4.78 is 0. The molecule has 0 radical (unpaired) electrons. The molecule has 0 spiro atoms. The van der Waals surface area contributed by atoms with Crippen LogP contribution in [0.3, 0.4) is 0 Å². The fraction of sp³-hybridized carbons (Fsp3) is 0. The second-order valence-electron chi connectivity index (χ2n) is 1.05. The highest BCUT2D eigenvalue weighted by Crippen LogP contribution is 1.69. The number of rotatable bonds is 1. The van der Waals surface area contributed by atoms with Crippen LogP contribution in [0.25, 0.3) is 0 Å². The minimum atomic E-state index is 0. The molecule has 0 amide bonds. The van der Waals surface area contributed by atoms with Gasteiger partial charge >= 0.3 is 0 Å². The van der Waals surface area contributed by atoms with Crippen molar-refractivity contribution in [1.82, 2.24) is 0 Å². The van der Waals surface area contributed by atoms with Crippen LogP contribution >= 0.6 is 0 Å². The lowest BCUT2D eigenvalue weighted by Crippen LogP contribution is -2.06. The molecule has 0 fully saturated rings. The first kappa shape index (κ1) is 5.88. The van der Waals surface area contributed by atoms with E-state index in [1.54, 1.807) is 6.08 Å². The van der Waals surface area contributed by atoms with Crippen LogP contribution in [0, 0.1) is 0 Å². The summed E-state index contributed by atoms with van der Waals surface area (Å²) in [6.45, 7) is 0. The second-order valence-corrected chi connectivity index (χ2v) is 1.05. The average Bonchev–Trinajstić information content (AvgIpc) is 1.61. The van der Waals surface area contributed by atoms with E-state index in [4.69, 9.17) is 17.2 Å². The summed E-state index contributed by atoms with van der Waals surface area (Å²) in [5.74, 6) is 0.265. The van der Waals surface area contributed by atoms with Gasteiger partial charge in [0.1, 0.15) is 0 Å². The number of nitrogens with two attached hydrogens (primary N) is 3. The Kier molecular flexibility index (Phi) is 2.59. The van der Waals surface area contributed by atoms with Crippen LogP contribution in [-0.2, 0) is 0 Å². The first-order valence-corrected chi connectivity index (χ1v) is 1.87. The molecule has 0 saturated carbocycles. The van der Waals surface area contributed by atoms with Gasteiger partial charge in [0.25, 0.3) is 0 Å². The standard InChI is InChI=1S/C4H9N3.H2/c5-3-1-2-4(6)7;/h1-3H,5-7H2;1H/b3-1-;. The van der Waals surface area contributed by atoms with Crippen molar-refractivity contribution in [1.29, 1.82) is 0 Å². The molecule has 0 aliphatic rings. The summed E-state index contributed by atoms with van der Waals surface area (Å²) in [4.78, 5) is 0. The number of hydrogen-bond donors (Lipinski definition) is 3. The Balaban J connectivity index is 0. The topological polar surface area (TPSA) is 78.1 Å². The predicted molar refractivity (Wildman–Crippen MR) is 31.9 cm³/mol. The molecule has 0 saturated heterocycles. The first-order chi connectivity index (χ1) is 3.27. The molecule has 0 aromatic heterocycles. The largest absolute Gasteiger partial charge is 0.405 e. The van der Waals surface area contributed by atoms with E-state index in [2.05, 4.69) is 0 Å². The molecule has 0 rings (SSSR count). The maximum absolute atomic E-state index is 5.01. The van der Waals surface area contributed by atoms with Crippen LogP contribution in [0.5, 0.6) is 0 Å². The van der Waals surface area contributed by atoms with Gasteiger partial charge in [-0.1, -0.05) is 0 Å². The molecule has 7 heavy (non-hydrogen) atoms. The zero-order chi connectivity index (χ0) is 5.70. The fourth-order valence-electron chi connectivity index (χ4n) is 0.167. The van der Waals surface area contributed by atoms with Crippen molar-refractivity contribution in [3.05, 3.63) is 24.2 Å². The van der Waals surface area contributed by atoms with Gasteiger partial charge in [-0.2, -0.15) is 0 Å². The van der Waals surface area contributed by atoms with Gasteiger partial charge in [0.2, 0.25) is 0 Å². The van der Waals surface area contributed by atoms with E-state index in [0.29, 0.717) is 0 Å². The number of allylic oxidation sites excluding steroid dienone is 2. The monoisotopic (exact) mass is 101 g/mol. The maximum atomic E-state index is 5.01. The third-order valence-corrected chi connectivity index (χ3v) is 0.400. The van der Waals surface area contributed by atoms with Crippen LogP contribution in [0.15, 0.2) is 24.2 Å². The molecular formula is C4H11N3. The summed E-state index contributed by atoms with van der Waals surface area (Å²) in [5.41, 5.74) is 15.0. The SMILES string of the molecule is N/C=C\C=C(N)N.[HH]. The second kappa shape index (κ2) is 3.08.